The Morgan fingerprint density at radius 2 is 1.95 bits per heavy atom. The van der Waals surface area contributed by atoms with Crippen LogP contribution in [0.1, 0.15) is 39.0 Å². The van der Waals surface area contributed by atoms with E-state index >= 15 is 0 Å². The Bertz CT molecular complexity index is 310. The third-order valence-electron chi connectivity index (χ3n) is 4.76. The van der Waals surface area contributed by atoms with Crippen molar-refractivity contribution in [1.29, 1.82) is 0 Å². The van der Waals surface area contributed by atoms with Crippen LogP contribution in [0.15, 0.2) is 0 Å². The van der Waals surface area contributed by atoms with Gasteiger partial charge in [0.25, 0.3) is 0 Å². The summed E-state index contributed by atoms with van der Waals surface area (Å²) in [6.07, 6.45) is 6.33. The zero-order valence-electron chi connectivity index (χ0n) is 12.8. The Kier molecular flexibility index (Phi) is 5.81. The van der Waals surface area contributed by atoms with Crippen LogP contribution in [-0.4, -0.2) is 62.4 Å². The zero-order chi connectivity index (χ0) is 14.4. The summed E-state index contributed by atoms with van der Waals surface area (Å²) in [6, 6.07) is -0.236. The predicted octanol–water partition coefficient (Wildman–Crippen LogP) is 1.17. The largest absolute Gasteiger partial charge is 0.468 e. The maximum atomic E-state index is 11.5. The molecule has 0 unspecified atom stereocenters. The zero-order valence-corrected chi connectivity index (χ0v) is 12.8. The molecule has 1 aliphatic heterocycles. The van der Waals surface area contributed by atoms with Crippen LogP contribution in [0.3, 0.4) is 0 Å². The molecule has 0 aromatic carbocycles. The third-order valence-corrected chi connectivity index (χ3v) is 4.76. The molecule has 5 heteroatoms. The molecule has 116 valence electrons. The van der Waals surface area contributed by atoms with Gasteiger partial charge in [-0.3, -0.25) is 9.69 Å². The fourth-order valence-electron chi connectivity index (χ4n) is 3.46. The highest BCUT2D eigenvalue weighted by Gasteiger charge is 2.38. The van der Waals surface area contributed by atoms with Crippen LogP contribution in [0.25, 0.3) is 0 Å². The van der Waals surface area contributed by atoms with E-state index in [2.05, 4.69) is 10.2 Å². The van der Waals surface area contributed by atoms with Crippen molar-refractivity contribution in [3.8, 4) is 0 Å². The van der Waals surface area contributed by atoms with Gasteiger partial charge in [-0.1, -0.05) is 19.3 Å². The number of carbonyl (C=O) groups excluding carboxylic acids is 1. The molecule has 2 fully saturated rings. The van der Waals surface area contributed by atoms with Crippen molar-refractivity contribution in [3.05, 3.63) is 0 Å². The van der Waals surface area contributed by atoms with E-state index in [1.165, 1.54) is 39.2 Å². The summed E-state index contributed by atoms with van der Waals surface area (Å²) in [4.78, 5) is 14.1. The minimum Gasteiger partial charge on any atom is -0.468 e. The van der Waals surface area contributed by atoms with Gasteiger partial charge in [0.15, 0.2) is 0 Å². The molecule has 1 heterocycles. The Balaban J connectivity index is 1.97. The lowest BCUT2D eigenvalue weighted by molar-refractivity contribution is -0.142. The van der Waals surface area contributed by atoms with E-state index in [9.17, 15) is 4.79 Å². The van der Waals surface area contributed by atoms with Gasteiger partial charge in [0, 0.05) is 25.2 Å². The Labute approximate surface area is 122 Å². The second kappa shape index (κ2) is 7.38. The minimum absolute atomic E-state index is 0.182. The van der Waals surface area contributed by atoms with E-state index in [1.54, 1.807) is 0 Å². The maximum Gasteiger partial charge on any atom is 0.322 e. The van der Waals surface area contributed by atoms with Crippen molar-refractivity contribution in [2.24, 2.45) is 0 Å². The average Bonchev–Trinajstić information content (AvgIpc) is 2.53. The molecule has 1 saturated carbocycles. The number of nitrogens with zero attached hydrogens (tertiary/aromatic N) is 1. The summed E-state index contributed by atoms with van der Waals surface area (Å²) < 4.78 is 10.3. The van der Waals surface area contributed by atoms with E-state index in [0.717, 1.165) is 32.8 Å². The molecule has 0 radical (unpaired) electrons. The molecule has 1 atom stereocenters. The summed E-state index contributed by atoms with van der Waals surface area (Å²) in [7, 11) is 1.44. The third kappa shape index (κ3) is 3.71. The first-order valence-corrected chi connectivity index (χ1v) is 7.82. The second-order valence-electron chi connectivity index (χ2n) is 6.01. The number of hydrogen-bond donors (Lipinski definition) is 1. The van der Waals surface area contributed by atoms with Crippen LogP contribution in [-0.2, 0) is 14.3 Å². The van der Waals surface area contributed by atoms with Crippen LogP contribution in [0.2, 0.25) is 0 Å². The van der Waals surface area contributed by atoms with Gasteiger partial charge in [0.05, 0.1) is 20.3 Å². The van der Waals surface area contributed by atoms with E-state index in [0.29, 0.717) is 0 Å². The molecule has 0 amide bonds. The number of hydrogen-bond acceptors (Lipinski definition) is 5. The highest BCUT2D eigenvalue weighted by atomic mass is 16.5. The van der Waals surface area contributed by atoms with E-state index < -0.39 is 0 Å². The summed E-state index contributed by atoms with van der Waals surface area (Å²) in [5, 5.41) is 3.38. The van der Waals surface area contributed by atoms with Gasteiger partial charge in [-0.05, 0) is 19.8 Å². The molecular formula is C15H28N2O3. The number of nitrogens with one attached hydrogen (secondary N) is 1. The first-order chi connectivity index (χ1) is 9.68. The van der Waals surface area contributed by atoms with Crippen molar-refractivity contribution < 1.29 is 14.3 Å². The first-order valence-electron chi connectivity index (χ1n) is 7.82. The van der Waals surface area contributed by atoms with Crippen LogP contribution in [0, 0.1) is 0 Å². The molecule has 20 heavy (non-hydrogen) atoms. The first kappa shape index (κ1) is 15.7. The van der Waals surface area contributed by atoms with Gasteiger partial charge in [-0.25, -0.2) is 0 Å². The molecule has 1 saturated heterocycles. The number of rotatable bonds is 5. The number of ether oxygens (including phenoxy) is 2. The van der Waals surface area contributed by atoms with Crippen LogP contribution < -0.4 is 5.32 Å². The van der Waals surface area contributed by atoms with Crippen molar-refractivity contribution in [1.82, 2.24) is 10.2 Å². The van der Waals surface area contributed by atoms with Crippen LogP contribution in [0.5, 0.6) is 0 Å². The molecule has 1 N–H and O–H groups in total. The molecule has 1 aliphatic carbocycles. The normalized spacial score (nSPS) is 25.1. The molecule has 2 aliphatic rings. The lowest BCUT2D eigenvalue weighted by Crippen LogP contribution is -2.60. The molecule has 0 spiro atoms. The van der Waals surface area contributed by atoms with E-state index in [4.69, 9.17) is 9.47 Å². The number of methoxy groups -OCH3 is 1. The monoisotopic (exact) mass is 284 g/mol. The quantitative estimate of drug-likeness (QED) is 0.768. The number of morpholine rings is 1. The molecular weight excluding hydrogens is 256 g/mol. The van der Waals surface area contributed by atoms with Crippen LogP contribution in [0.4, 0.5) is 0 Å². The predicted molar refractivity (Wildman–Crippen MR) is 77.7 cm³/mol. The molecule has 0 aromatic heterocycles. The molecule has 0 aromatic rings. The highest BCUT2D eigenvalue weighted by Crippen LogP contribution is 2.33. The summed E-state index contributed by atoms with van der Waals surface area (Å²) in [5.74, 6) is -0.182. The Hall–Kier alpha value is -0.650. The summed E-state index contributed by atoms with van der Waals surface area (Å²) >= 11 is 0. The topological polar surface area (TPSA) is 50.8 Å². The molecule has 2 rings (SSSR count). The lowest BCUT2D eigenvalue weighted by atomic mass is 9.79. The Morgan fingerprint density at radius 1 is 1.30 bits per heavy atom. The van der Waals surface area contributed by atoms with Gasteiger partial charge >= 0.3 is 5.97 Å². The van der Waals surface area contributed by atoms with Crippen molar-refractivity contribution in [3.63, 3.8) is 0 Å². The van der Waals surface area contributed by atoms with E-state index in [-0.39, 0.29) is 17.6 Å². The average molecular weight is 284 g/mol. The SMILES string of the molecule is COC(=O)[C@H](C)NCC1(N2CCOCC2)CCCCC1. The molecule has 5 nitrogen and oxygen atoms in total. The lowest BCUT2D eigenvalue weighted by Gasteiger charge is -2.48. The Morgan fingerprint density at radius 3 is 2.55 bits per heavy atom. The number of esters is 1. The van der Waals surface area contributed by atoms with Crippen molar-refractivity contribution in [2.75, 3.05) is 40.0 Å². The summed E-state index contributed by atoms with van der Waals surface area (Å²) in [6.45, 7) is 6.41. The fourth-order valence-corrected chi connectivity index (χ4v) is 3.46. The second-order valence-corrected chi connectivity index (χ2v) is 6.01. The van der Waals surface area contributed by atoms with Gasteiger partial charge in [0.1, 0.15) is 6.04 Å². The minimum atomic E-state index is -0.236. The van der Waals surface area contributed by atoms with Crippen molar-refractivity contribution >= 4 is 5.97 Å². The maximum absolute atomic E-state index is 11.5. The fraction of sp³-hybridized carbons (Fsp3) is 0.933. The number of carbonyl (C=O) groups is 1. The van der Waals surface area contributed by atoms with Gasteiger partial charge < -0.3 is 14.8 Å². The molecule has 0 bridgehead atoms. The van der Waals surface area contributed by atoms with Gasteiger partial charge in [-0.2, -0.15) is 0 Å². The van der Waals surface area contributed by atoms with Crippen molar-refractivity contribution in [2.45, 2.75) is 50.6 Å². The standard InChI is InChI=1S/C15H28N2O3/c1-13(14(18)19-2)16-12-15(6-4-3-5-7-15)17-8-10-20-11-9-17/h13,16H,3-12H2,1-2H3/t13-/m0/s1. The smallest absolute Gasteiger partial charge is 0.322 e. The highest BCUT2D eigenvalue weighted by molar-refractivity contribution is 5.75. The summed E-state index contributed by atoms with van der Waals surface area (Å²) in [5.41, 5.74) is 0.199. The van der Waals surface area contributed by atoms with Gasteiger partial charge in [0.2, 0.25) is 0 Å². The van der Waals surface area contributed by atoms with Gasteiger partial charge in [-0.15, -0.1) is 0 Å². The van der Waals surface area contributed by atoms with Crippen LogP contribution >= 0.6 is 0 Å². The van der Waals surface area contributed by atoms with E-state index in [1.807, 2.05) is 6.92 Å².